The largest absolute Gasteiger partial charge is 0.357 e. The van der Waals surface area contributed by atoms with Crippen molar-refractivity contribution in [3.05, 3.63) is 59.0 Å². The number of benzene rings is 1. The Bertz CT molecular complexity index is 1410. The van der Waals surface area contributed by atoms with Gasteiger partial charge in [-0.1, -0.05) is 6.07 Å². The number of aromatic nitrogens is 5. The zero-order valence-corrected chi connectivity index (χ0v) is 18.5. The molecule has 0 atom stereocenters. The zero-order chi connectivity index (χ0) is 23.7. The zero-order valence-electron chi connectivity index (χ0n) is 18.5. The van der Waals surface area contributed by atoms with Crippen LogP contribution in [0.4, 0.5) is 26.5 Å². The first-order valence-corrected chi connectivity index (χ1v) is 10.2. The molecule has 0 aliphatic heterocycles. The predicted molar refractivity (Wildman–Crippen MR) is 125 cm³/mol. The summed E-state index contributed by atoms with van der Waals surface area (Å²) in [7, 11) is 3.29. The second-order valence-electron chi connectivity index (χ2n) is 7.72. The number of amides is 2. The molecule has 33 heavy (non-hydrogen) atoms. The Kier molecular flexibility index (Phi) is 5.78. The molecule has 3 aromatic heterocycles. The van der Waals surface area contributed by atoms with E-state index in [0.717, 1.165) is 0 Å². The number of carbonyl (C=O) groups excluding carboxylic acids is 1. The maximum atomic E-state index is 14.4. The molecule has 4 aromatic rings. The molecule has 0 bridgehead atoms. The third-order valence-corrected chi connectivity index (χ3v) is 5.09. The first-order valence-electron chi connectivity index (χ1n) is 10.2. The van der Waals surface area contributed by atoms with Crippen molar-refractivity contribution >= 4 is 34.4 Å². The summed E-state index contributed by atoms with van der Waals surface area (Å²) in [4.78, 5) is 33.9. The SMILES string of the molecule is CNc1ncc2cc(-c3ccc(F)c(NC(=O)Nc4cnn(C(C)C)c4)c3)c(=O)n(C)c2n1. The van der Waals surface area contributed by atoms with E-state index in [1.807, 2.05) is 13.8 Å². The first-order chi connectivity index (χ1) is 15.8. The predicted octanol–water partition coefficient (Wildman–Crippen LogP) is 3.60. The molecule has 0 spiro atoms. The number of hydrogen-bond acceptors (Lipinski definition) is 6. The highest BCUT2D eigenvalue weighted by Crippen LogP contribution is 2.25. The quantitative estimate of drug-likeness (QED) is 0.428. The summed E-state index contributed by atoms with van der Waals surface area (Å²) in [6.07, 6.45) is 4.79. The molecular formula is C22H23FN8O2. The van der Waals surface area contributed by atoms with Crippen molar-refractivity contribution in [1.82, 2.24) is 24.3 Å². The molecule has 10 nitrogen and oxygen atoms in total. The van der Waals surface area contributed by atoms with Crippen molar-refractivity contribution in [3.63, 3.8) is 0 Å². The summed E-state index contributed by atoms with van der Waals surface area (Å²) >= 11 is 0. The first kappa shape index (κ1) is 21.9. The van der Waals surface area contributed by atoms with Crippen LogP contribution in [0.1, 0.15) is 19.9 Å². The van der Waals surface area contributed by atoms with Gasteiger partial charge in [0.15, 0.2) is 0 Å². The summed E-state index contributed by atoms with van der Waals surface area (Å²) < 4.78 is 17.5. The standard InChI is InChI=1S/C22H23FN8O2/c1-12(2)31-11-15(10-26-31)27-22(33)28-18-8-13(5-6-17(18)23)16-7-14-9-25-21(24-3)29-19(14)30(4)20(16)32/h5-12H,1-4H3,(H,24,25,29)(H2,27,28,33). The van der Waals surface area contributed by atoms with Crippen LogP contribution in [0.15, 0.2) is 47.7 Å². The van der Waals surface area contributed by atoms with E-state index >= 15 is 0 Å². The van der Waals surface area contributed by atoms with E-state index in [2.05, 4.69) is 31.0 Å². The topological polar surface area (TPSA) is 119 Å². The lowest BCUT2D eigenvalue weighted by Gasteiger charge is -2.12. The Morgan fingerprint density at radius 2 is 1.94 bits per heavy atom. The van der Waals surface area contributed by atoms with Crippen LogP contribution in [-0.4, -0.2) is 37.4 Å². The number of pyridine rings is 1. The number of urea groups is 1. The highest BCUT2D eigenvalue weighted by atomic mass is 19.1. The van der Waals surface area contributed by atoms with Gasteiger partial charge in [-0.2, -0.15) is 10.1 Å². The molecule has 3 heterocycles. The fourth-order valence-corrected chi connectivity index (χ4v) is 3.33. The molecule has 0 fully saturated rings. The van der Waals surface area contributed by atoms with Crippen molar-refractivity contribution in [2.45, 2.75) is 19.9 Å². The lowest BCUT2D eigenvalue weighted by Crippen LogP contribution is -2.21. The third-order valence-electron chi connectivity index (χ3n) is 5.09. The Hall–Kier alpha value is -4.28. The number of aryl methyl sites for hydroxylation is 1. The van der Waals surface area contributed by atoms with Crippen LogP contribution in [0, 0.1) is 5.82 Å². The number of rotatable bonds is 5. The van der Waals surface area contributed by atoms with Crippen LogP contribution in [0.3, 0.4) is 0 Å². The van der Waals surface area contributed by atoms with E-state index in [1.165, 1.54) is 29.0 Å². The fraction of sp³-hybridized carbons (Fsp3) is 0.227. The van der Waals surface area contributed by atoms with Crippen molar-refractivity contribution in [1.29, 1.82) is 0 Å². The minimum Gasteiger partial charge on any atom is -0.357 e. The molecular weight excluding hydrogens is 427 g/mol. The number of nitrogens with one attached hydrogen (secondary N) is 3. The molecule has 0 aliphatic rings. The van der Waals surface area contributed by atoms with Crippen LogP contribution in [0.25, 0.3) is 22.2 Å². The van der Waals surface area contributed by atoms with E-state index in [9.17, 15) is 14.0 Å². The van der Waals surface area contributed by atoms with E-state index in [0.29, 0.717) is 33.8 Å². The second kappa shape index (κ2) is 8.69. The number of hydrogen-bond donors (Lipinski definition) is 3. The Balaban J connectivity index is 1.64. The molecule has 0 unspecified atom stereocenters. The van der Waals surface area contributed by atoms with Gasteiger partial charge in [-0.05, 0) is 37.6 Å². The number of anilines is 3. The third kappa shape index (κ3) is 4.38. The average Bonchev–Trinajstić information content (AvgIpc) is 3.26. The summed E-state index contributed by atoms with van der Waals surface area (Å²) in [5, 5.41) is 12.7. The van der Waals surface area contributed by atoms with Crippen LogP contribution in [0.5, 0.6) is 0 Å². The van der Waals surface area contributed by atoms with Gasteiger partial charge in [0.05, 0.1) is 17.6 Å². The molecule has 170 valence electrons. The highest BCUT2D eigenvalue weighted by Gasteiger charge is 2.15. The molecule has 1 aromatic carbocycles. The number of halogens is 1. The Labute approximate surface area is 188 Å². The van der Waals surface area contributed by atoms with Gasteiger partial charge in [-0.3, -0.25) is 14.0 Å². The Morgan fingerprint density at radius 3 is 2.64 bits per heavy atom. The Morgan fingerprint density at radius 1 is 1.15 bits per heavy atom. The van der Waals surface area contributed by atoms with Crippen molar-refractivity contribution < 1.29 is 9.18 Å². The molecule has 4 rings (SSSR count). The maximum Gasteiger partial charge on any atom is 0.323 e. The van der Waals surface area contributed by atoms with Crippen molar-refractivity contribution in [3.8, 4) is 11.1 Å². The average molecular weight is 450 g/mol. The van der Waals surface area contributed by atoms with E-state index in [-0.39, 0.29) is 17.3 Å². The van der Waals surface area contributed by atoms with E-state index in [4.69, 9.17) is 0 Å². The van der Waals surface area contributed by atoms with Gasteiger partial charge >= 0.3 is 6.03 Å². The van der Waals surface area contributed by atoms with Gasteiger partial charge in [0.2, 0.25) is 5.95 Å². The van der Waals surface area contributed by atoms with Crippen molar-refractivity contribution in [2.75, 3.05) is 23.0 Å². The molecule has 2 amide bonds. The number of fused-ring (bicyclic) bond motifs is 1. The molecule has 0 saturated heterocycles. The van der Waals surface area contributed by atoms with Crippen LogP contribution < -0.4 is 21.5 Å². The van der Waals surface area contributed by atoms with Crippen molar-refractivity contribution in [2.24, 2.45) is 7.05 Å². The van der Waals surface area contributed by atoms with Gasteiger partial charge in [0, 0.05) is 43.5 Å². The lowest BCUT2D eigenvalue weighted by atomic mass is 10.1. The second-order valence-corrected chi connectivity index (χ2v) is 7.72. The fourth-order valence-electron chi connectivity index (χ4n) is 3.33. The van der Waals surface area contributed by atoms with E-state index in [1.54, 1.807) is 37.2 Å². The van der Waals surface area contributed by atoms with Gasteiger partial charge in [0.25, 0.3) is 5.56 Å². The van der Waals surface area contributed by atoms with Crippen LogP contribution in [0.2, 0.25) is 0 Å². The number of nitrogens with zero attached hydrogens (tertiary/aromatic N) is 5. The maximum absolute atomic E-state index is 14.4. The molecule has 0 aliphatic carbocycles. The highest BCUT2D eigenvalue weighted by molar-refractivity contribution is 6.00. The van der Waals surface area contributed by atoms with Gasteiger partial charge in [0.1, 0.15) is 11.5 Å². The smallest absolute Gasteiger partial charge is 0.323 e. The molecule has 3 N–H and O–H groups in total. The van der Waals surface area contributed by atoms with Crippen LogP contribution >= 0.6 is 0 Å². The summed E-state index contributed by atoms with van der Waals surface area (Å²) in [6, 6.07) is 5.25. The summed E-state index contributed by atoms with van der Waals surface area (Å²) in [5.41, 5.74) is 1.33. The lowest BCUT2D eigenvalue weighted by molar-refractivity contribution is 0.262. The summed E-state index contributed by atoms with van der Waals surface area (Å²) in [6.45, 7) is 3.92. The minimum absolute atomic E-state index is 0.0646. The molecule has 0 radical (unpaired) electrons. The molecule has 11 heteroatoms. The number of carbonyl (C=O) groups is 1. The van der Waals surface area contributed by atoms with E-state index < -0.39 is 11.8 Å². The van der Waals surface area contributed by atoms with Gasteiger partial charge < -0.3 is 16.0 Å². The summed E-state index contributed by atoms with van der Waals surface area (Å²) in [5.74, 6) is -0.241. The monoisotopic (exact) mass is 450 g/mol. The van der Waals surface area contributed by atoms with Gasteiger partial charge in [-0.15, -0.1) is 0 Å². The normalized spacial score (nSPS) is 11.1. The molecule has 0 saturated carbocycles. The minimum atomic E-state index is -0.633. The van der Waals surface area contributed by atoms with Crippen LogP contribution in [-0.2, 0) is 7.05 Å². The van der Waals surface area contributed by atoms with Gasteiger partial charge in [-0.25, -0.2) is 14.2 Å².